The Hall–Kier alpha value is -2.87. The molecule has 0 aliphatic rings. The maximum absolute atomic E-state index is 10.6. The number of aliphatic carboxylic acids is 1. The molecular formula is C20H16O2. The average molecular weight is 288 g/mol. The molecule has 0 radical (unpaired) electrons. The minimum absolute atomic E-state index is 0.882. The van der Waals surface area contributed by atoms with Crippen molar-refractivity contribution in [2.45, 2.75) is 6.92 Å². The van der Waals surface area contributed by atoms with Crippen molar-refractivity contribution in [1.82, 2.24) is 0 Å². The summed E-state index contributed by atoms with van der Waals surface area (Å²) in [6.45, 7) is 2.12. The van der Waals surface area contributed by atoms with E-state index < -0.39 is 5.97 Å². The van der Waals surface area contributed by atoms with Crippen molar-refractivity contribution in [3.8, 4) is 11.1 Å². The second-order valence-corrected chi connectivity index (χ2v) is 5.26. The van der Waals surface area contributed by atoms with Crippen molar-refractivity contribution in [3.63, 3.8) is 0 Å². The van der Waals surface area contributed by atoms with Crippen molar-refractivity contribution in [2.75, 3.05) is 0 Å². The molecule has 0 fully saturated rings. The van der Waals surface area contributed by atoms with Crippen LogP contribution >= 0.6 is 0 Å². The van der Waals surface area contributed by atoms with Gasteiger partial charge in [-0.3, -0.25) is 0 Å². The van der Waals surface area contributed by atoms with E-state index in [0.717, 1.165) is 17.2 Å². The first-order chi connectivity index (χ1) is 10.6. The smallest absolute Gasteiger partial charge is 0.328 e. The van der Waals surface area contributed by atoms with E-state index in [1.54, 1.807) is 6.08 Å². The van der Waals surface area contributed by atoms with Crippen molar-refractivity contribution < 1.29 is 9.90 Å². The molecule has 0 saturated heterocycles. The van der Waals surface area contributed by atoms with Gasteiger partial charge in [0.15, 0.2) is 0 Å². The minimum atomic E-state index is -0.938. The Balaban J connectivity index is 2.10. The predicted octanol–water partition coefficient (Wildman–Crippen LogP) is 4.91. The normalized spacial score (nSPS) is 11.1. The third-order valence-corrected chi connectivity index (χ3v) is 3.81. The van der Waals surface area contributed by atoms with Gasteiger partial charge in [-0.25, -0.2) is 4.79 Å². The number of fused-ring (bicyclic) bond motifs is 1. The van der Waals surface area contributed by atoms with Crippen LogP contribution in [0.2, 0.25) is 0 Å². The van der Waals surface area contributed by atoms with Crippen LogP contribution in [0, 0.1) is 6.92 Å². The van der Waals surface area contributed by atoms with E-state index in [1.165, 1.54) is 21.9 Å². The largest absolute Gasteiger partial charge is 0.478 e. The van der Waals surface area contributed by atoms with Gasteiger partial charge < -0.3 is 5.11 Å². The number of rotatable bonds is 3. The summed E-state index contributed by atoms with van der Waals surface area (Å²) in [5, 5.41) is 11.2. The number of hydrogen-bond donors (Lipinski definition) is 1. The molecule has 0 bridgehead atoms. The van der Waals surface area contributed by atoms with Gasteiger partial charge in [0.2, 0.25) is 0 Å². The molecule has 0 unspecified atom stereocenters. The first kappa shape index (κ1) is 14.1. The topological polar surface area (TPSA) is 37.3 Å². The van der Waals surface area contributed by atoms with Crippen molar-refractivity contribution in [1.29, 1.82) is 0 Å². The van der Waals surface area contributed by atoms with Gasteiger partial charge in [0.05, 0.1) is 0 Å². The second-order valence-electron chi connectivity index (χ2n) is 5.26. The van der Waals surface area contributed by atoms with Crippen LogP contribution in [0.1, 0.15) is 11.1 Å². The summed E-state index contributed by atoms with van der Waals surface area (Å²) in [6, 6.07) is 20.5. The second kappa shape index (κ2) is 5.86. The fraction of sp³-hybridized carbons (Fsp3) is 0.0500. The number of benzene rings is 3. The number of carboxylic acids is 1. The predicted molar refractivity (Wildman–Crippen MR) is 90.8 cm³/mol. The molecule has 0 heterocycles. The molecule has 22 heavy (non-hydrogen) atoms. The van der Waals surface area contributed by atoms with E-state index in [4.69, 9.17) is 5.11 Å². The summed E-state index contributed by atoms with van der Waals surface area (Å²) in [4.78, 5) is 10.6. The molecular weight excluding hydrogens is 272 g/mol. The summed E-state index contributed by atoms with van der Waals surface area (Å²) >= 11 is 0. The first-order valence-electron chi connectivity index (χ1n) is 7.15. The molecule has 3 rings (SSSR count). The zero-order valence-corrected chi connectivity index (χ0v) is 12.3. The van der Waals surface area contributed by atoms with E-state index in [1.807, 2.05) is 30.3 Å². The van der Waals surface area contributed by atoms with Crippen LogP contribution in [0.4, 0.5) is 0 Å². The maximum atomic E-state index is 10.6. The van der Waals surface area contributed by atoms with Crippen molar-refractivity contribution in [2.24, 2.45) is 0 Å². The molecule has 2 heteroatoms. The van der Waals surface area contributed by atoms with Crippen LogP contribution < -0.4 is 0 Å². The van der Waals surface area contributed by atoms with Crippen LogP contribution in [-0.4, -0.2) is 11.1 Å². The van der Waals surface area contributed by atoms with E-state index >= 15 is 0 Å². The van der Waals surface area contributed by atoms with Gasteiger partial charge in [-0.2, -0.15) is 0 Å². The Kier molecular flexibility index (Phi) is 3.75. The van der Waals surface area contributed by atoms with Gasteiger partial charge in [0.1, 0.15) is 0 Å². The molecule has 0 atom stereocenters. The third kappa shape index (κ3) is 2.77. The van der Waals surface area contributed by atoms with E-state index in [0.29, 0.717) is 0 Å². The van der Waals surface area contributed by atoms with Crippen LogP contribution in [-0.2, 0) is 4.79 Å². The van der Waals surface area contributed by atoms with Gasteiger partial charge in [-0.1, -0.05) is 54.6 Å². The molecule has 0 aliphatic heterocycles. The monoisotopic (exact) mass is 288 g/mol. The summed E-state index contributed by atoms with van der Waals surface area (Å²) < 4.78 is 0. The number of carbonyl (C=O) groups is 1. The lowest BCUT2D eigenvalue weighted by Gasteiger charge is -2.10. The Bertz CT molecular complexity index is 876. The van der Waals surface area contributed by atoms with Gasteiger partial charge in [0, 0.05) is 6.08 Å². The zero-order chi connectivity index (χ0) is 15.5. The van der Waals surface area contributed by atoms with Crippen LogP contribution in [0.25, 0.3) is 28.0 Å². The molecule has 0 aliphatic carbocycles. The lowest BCUT2D eigenvalue weighted by molar-refractivity contribution is -0.131. The summed E-state index contributed by atoms with van der Waals surface area (Å²) in [6.07, 6.45) is 2.77. The first-order valence-corrected chi connectivity index (χ1v) is 7.15. The Labute approximate surface area is 129 Å². The number of aryl methyl sites for hydroxylation is 1. The summed E-state index contributed by atoms with van der Waals surface area (Å²) in [5.74, 6) is -0.938. The van der Waals surface area contributed by atoms with Crippen LogP contribution in [0.3, 0.4) is 0 Å². The lowest BCUT2D eigenvalue weighted by atomic mass is 9.94. The summed E-state index contributed by atoms with van der Waals surface area (Å²) in [7, 11) is 0. The Morgan fingerprint density at radius 1 is 1.00 bits per heavy atom. The summed E-state index contributed by atoms with van der Waals surface area (Å²) in [5.41, 5.74) is 4.38. The fourth-order valence-electron chi connectivity index (χ4n) is 2.72. The molecule has 0 spiro atoms. The highest BCUT2D eigenvalue weighted by atomic mass is 16.4. The molecule has 0 saturated carbocycles. The Morgan fingerprint density at radius 3 is 2.64 bits per heavy atom. The molecule has 0 aromatic heterocycles. The van der Waals surface area contributed by atoms with Crippen molar-refractivity contribution >= 4 is 22.8 Å². The highest BCUT2D eigenvalue weighted by Gasteiger charge is 2.05. The van der Waals surface area contributed by atoms with E-state index in [2.05, 4.69) is 37.3 Å². The quantitative estimate of drug-likeness (QED) is 0.695. The fourth-order valence-corrected chi connectivity index (χ4v) is 2.72. The van der Waals surface area contributed by atoms with E-state index in [-0.39, 0.29) is 0 Å². The van der Waals surface area contributed by atoms with Crippen LogP contribution in [0.5, 0.6) is 0 Å². The van der Waals surface area contributed by atoms with Crippen LogP contribution in [0.15, 0.2) is 66.7 Å². The molecule has 108 valence electrons. The van der Waals surface area contributed by atoms with Gasteiger partial charge in [0.25, 0.3) is 0 Å². The minimum Gasteiger partial charge on any atom is -0.478 e. The number of carboxylic acid groups (broad SMARTS) is 1. The molecule has 3 aromatic rings. The third-order valence-electron chi connectivity index (χ3n) is 3.81. The average Bonchev–Trinajstić information content (AvgIpc) is 2.54. The van der Waals surface area contributed by atoms with Gasteiger partial charge >= 0.3 is 5.97 Å². The highest BCUT2D eigenvalue weighted by molar-refractivity contribution is 5.92. The maximum Gasteiger partial charge on any atom is 0.328 e. The molecule has 0 amide bonds. The highest BCUT2D eigenvalue weighted by Crippen LogP contribution is 2.30. The van der Waals surface area contributed by atoms with Gasteiger partial charge in [-0.15, -0.1) is 0 Å². The Morgan fingerprint density at radius 2 is 1.82 bits per heavy atom. The lowest BCUT2D eigenvalue weighted by Crippen LogP contribution is -1.88. The van der Waals surface area contributed by atoms with Gasteiger partial charge in [-0.05, 0) is 52.1 Å². The van der Waals surface area contributed by atoms with E-state index in [9.17, 15) is 4.79 Å². The standard InChI is InChI=1S/C20H16O2/c1-14-18-8-3-2-6-16(18)10-11-19(14)17-7-4-5-15(13-17)9-12-20(21)22/h2-13H,1H3,(H,21,22)/b12-9+. The van der Waals surface area contributed by atoms with Crippen molar-refractivity contribution in [3.05, 3.63) is 77.9 Å². The molecule has 3 aromatic carbocycles. The molecule has 2 nitrogen and oxygen atoms in total. The number of hydrogen-bond acceptors (Lipinski definition) is 1. The SMILES string of the molecule is Cc1c(-c2cccc(/C=C/C(=O)O)c2)ccc2ccccc12. The zero-order valence-electron chi connectivity index (χ0n) is 12.3. The molecule has 1 N–H and O–H groups in total.